The van der Waals surface area contributed by atoms with Gasteiger partial charge in [0, 0.05) is 13.0 Å². The molecule has 3 N–H and O–H groups in total. The molecule has 0 heterocycles. The van der Waals surface area contributed by atoms with Crippen LogP contribution in [0.5, 0.6) is 5.75 Å². The van der Waals surface area contributed by atoms with E-state index in [9.17, 15) is 9.50 Å². The summed E-state index contributed by atoms with van der Waals surface area (Å²) < 4.78 is 19.9. The molecule has 0 fully saturated rings. The van der Waals surface area contributed by atoms with E-state index in [1.54, 1.807) is 19.1 Å². The summed E-state index contributed by atoms with van der Waals surface area (Å²) in [5.41, 5.74) is 7.09. The first-order valence-corrected chi connectivity index (χ1v) is 6.97. The number of hydrogen-bond acceptors (Lipinski definition) is 3. The van der Waals surface area contributed by atoms with E-state index < -0.39 is 17.5 Å². The molecule has 0 amide bonds. The smallest absolute Gasteiger partial charge is 0.165 e. The molecule has 0 saturated heterocycles. The molecule has 21 heavy (non-hydrogen) atoms. The Balaban J connectivity index is 2.03. The van der Waals surface area contributed by atoms with Gasteiger partial charge >= 0.3 is 0 Å². The molecular weight excluding hydrogens is 269 g/mol. The van der Waals surface area contributed by atoms with Crippen molar-refractivity contribution in [2.45, 2.75) is 25.0 Å². The lowest BCUT2D eigenvalue weighted by Gasteiger charge is -2.30. The standard InChI is InChI=1S/C17H18FNO2/c1-11-5-4-8-14(18)15(11)21-16-13-7-3-2-6-12(13)9-17(16,20)10-19/h2-8,16,20H,9-10,19H2,1H3/t16-,17+/m1/s1. The molecule has 0 aromatic heterocycles. The molecule has 1 aliphatic rings. The minimum absolute atomic E-state index is 0.0554. The average molecular weight is 287 g/mol. The van der Waals surface area contributed by atoms with Crippen molar-refractivity contribution in [1.82, 2.24) is 0 Å². The van der Waals surface area contributed by atoms with E-state index in [2.05, 4.69) is 0 Å². The van der Waals surface area contributed by atoms with Crippen molar-refractivity contribution in [2.24, 2.45) is 5.73 Å². The van der Waals surface area contributed by atoms with Gasteiger partial charge in [0.2, 0.25) is 0 Å². The molecule has 1 aliphatic carbocycles. The van der Waals surface area contributed by atoms with E-state index in [1.165, 1.54) is 6.07 Å². The fraction of sp³-hybridized carbons (Fsp3) is 0.294. The van der Waals surface area contributed by atoms with Crippen LogP contribution in [-0.4, -0.2) is 17.3 Å². The predicted molar refractivity (Wildman–Crippen MR) is 78.7 cm³/mol. The monoisotopic (exact) mass is 287 g/mol. The first kappa shape index (κ1) is 14.0. The van der Waals surface area contributed by atoms with Crippen LogP contribution in [0.2, 0.25) is 0 Å². The molecule has 0 unspecified atom stereocenters. The molecule has 3 rings (SSSR count). The van der Waals surface area contributed by atoms with Crippen molar-refractivity contribution in [3.63, 3.8) is 0 Å². The summed E-state index contributed by atoms with van der Waals surface area (Å²) in [4.78, 5) is 0. The third kappa shape index (κ3) is 2.30. The second-order valence-electron chi connectivity index (χ2n) is 5.57. The Morgan fingerprint density at radius 1 is 1.29 bits per heavy atom. The summed E-state index contributed by atoms with van der Waals surface area (Å²) >= 11 is 0. The Kier molecular flexibility index (Phi) is 3.43. The number of ether oxygens (including phenoxy) is 1. The number of rotatable bonds is 3. The summed E-state index contributed by atoms with van der Waals surface area (Å²) in [5.74, 6) is -0.259. The second kappa shape index (κ2) is 5.13. The zero-order valence-electron chi connectivity index (χ0n) is 11.8. The third-order valence-corrected chi connectivity index (χ3v) is 4.08. The molecule has 0 spiro atoms. The molecular formula is C17H18FNO2. The van der Waals surface area contributed by atoms with Crippen LogP contribution in [0, 0.1) is 12.7 Å². The van der Waals surface area contributed by atoms with Crippen LogP contribution in [0.3, 0.4) is 0 Å². The van der Waals surface area contributed by atoms with Crippen LogP contribution in [-0.2, 0) is 6.42 Å². The highest BCUT2D eigenvalue weighted by Gasteiger charge is 2.46. The Morgan fingerprint density at radius 2 is 2.05 bits per heavy atom. The Hall–Kier alpha value is -1.91. The van der Waals surface area contributed by atoms with E-state index in [-0.39, 0.29) is 12.3 Å². The van der Waals surface area contributed by atoms with Crippen molar-refractivity contribution >= 4 is 0 Å². The normalized spacial score (nSPS) is 23.9. The lowest BCUT2D eigenvalue weighted by Crippen LogP contribution is -2.44. The van der Waals surface area contributed by atoms with E-state index in [4.69, 9.17) is 10.5 Å². The minimum Gasteiger partial charge on any atom is -0.479 e. The summed E-state index contributed by atoms with van der Waals surface area (Å²) in [5, 5.41) is 10.8. The van der Waals surface area contributed by atoms with Gasteiger partial charge in [0.1, 0.15) is 5.60 Å². The van der Waals surface area contributed by atoms with Gasteiger partial charge in [0.05, 0.1) is 0 Å². The van der Waals surface area contributed by atoms with Crippen LogP contribution in [0.25, 0.3) is 0 Å². The van der Waals surface area contributed by atoms with Gasteiger partial charge in [-0.3, -0.25) is 0 Å². The van der Waals surface area contributed by atoms with Gasteiger partial charge < -0.3 is 15.6 Å². The Morgan fingerprint density at radius 3 is 2.76 bits per heavy atom. The highest BCUT2D eigenvalue weighted by Crippen LogP contribution is 2.42. The molecule has 2 atom stereocenters. The number of fused-ring (bicyclic) bond motifs is 1. The van der Waals surface area contributed by atoms with Crippen molar-refractivity contribution in [1.29, 1.82) is 0 Å². The molecule has 4 heteroatoms. The zero-order valence-corrected chi connectivity index (χ0v) is 11.8. The van der Waals surface area contributed by atoms with Crippen LogP contribution in [0.4, 0.5) is 4.39 Å². The van der Waals surface area contributed by atoms with Gasteiger partial charge in [0.15, 0.2) is 17.7 Å². The van der Waals surface area contributed by atoms with Gasteiger partial charge in [-0.15, -0.1) is 0 Å². The second-order valence-corrected chi connectivity index (χ2v) is 5.57. The number of nitrogens with two attached hydrogens (primary N) is 1. The van der Waals surface area contributed by atoms with E-state index >= 15 is 0 Å². The molecule has 110 valence electrons. The third-order valence-electron chi connectivity index (χ3n) is 4.08. The van der Waals surface area contributed by atoms with Gasteiger partial charge in [0.25, 0.3) is 0 Å². The van der Waals surface area contributed by atoms with Crippen molar-refractivity contribution in [2.75, 3.05) is 6.54 Å². The van der Waals surface area contributed by atoms with Gasteiger partial charge in [-0.05, 0) is 29.7 Å². The summed E-state index contributed by atoms with van der Waals surface area (Å²) in [6, 6.07) is 12.4. The maximum atomic E-state index is 14.0. The maximum Gasteiger partial charge on any atom is 0.165 e. The number of halogens is 1. The highest BCUT2D eigenvalue weighted by molar-refractivity contribution is 5.41. The number of aliphatic hydroxyl groups is 1. The maximum absolute atomic E-state index is 14.0. The highest BCUT2D eigenvalue weighted by atomic mass is 19.1. The SMILES string of the molecule is Cc1cccc(F)c1O[C@@H]1c2ccccc2C[C@]1(O)CN. The Bertz CT molecular complexity index is 653. The van der Waals surface area contributed by atoms with Crippen molar-refractivity contribution in [3.8, 4) is 5.75 Å². The summed E-state index contributed by atoms with van der Waals surface area (Å²) in [6.07, 6.45) is -0.244. The molecule has 2 aromatic rings. The van der Waals surface area contributed by atoms with Crippen LogP contribution in [0.1, 0.15) is 22.8 Å². The van der Waals surface area contributed by atoms with Gasteiger partial charge in [-0.2, -0.15) is 0 Å². The summed E-state index contributed by atoms with van der Waals surface area (Å²) in [7, 11) is 0. The minimum atomic E-state index is -1.21. The van der Waals surface area contributed by atoms with E-state index in [1.807, 2.05) is 24.3 Å². The zero-order chi connectivity index (χ0) is 15.0. The molecule has 3 nitrogen and oxygen atoms in total. The molecule has 0 bridgehead atoms. The lowest BCUT2D eigenvalue weighted by atomic mass is 9.97. The number of para-hydroxylation sites is 1. The van der Waals surface area contributed by atoms with Gasteiger partial charge in [-0.1, -0.05) is 36.4 Å². The molecule has 0 saturated carbocycles. The first-order chi connectivity index (χ1) is 10.0. The quantitative estimate of drug-likeness (QED) is 0.912. The van der Waals surface area contributed by atoms with Crippen LogP contribution >= 0.6 is 0 Å². The fourth-order valence-corrected chi connectivity index (χ4v) is 2.90. The summed E-state index contributed by atoms with van der Waals surface area (Å²) in [6.45, 7) is 1.83. The first-order valence-electron chi connectivity index (χ1n) is 6.97. The largest absolute Gasteiger partial charge is 0.479 e. The fourth-order valence-electron chi connectivity index (χ4n) is 2.90. The number of aryl methyl sites for hydroxylation is 1. The van der Waals surface area contributed by atoms with Crippen LogP contribution < -0.4 is 10.5 Å². The number of benzene rings is 2. The average Bonchev–Trinajstić information content (AvgIpc) is 2.76. The van der Waals surface area contributed by atoms with Gasteiger partial charge in [-0.25, -0.2) is 4.39 Å². The number of hydrogen-bond donors (Lipinski definition) is 2. The van der Waals surface area contributed by atoms with Crippen LogP contribution in [0.15, 0.2) is 42.5 Å². The molecule has 0 aliphatic heterocycles. The molecule has 2 aromatic carbocycles. The van der Waals surface area contributed by atoms with E-state index in [0.717, 1.165) is 11.1 Å². The predicted octanol–water partition coefficient (Wildman–Crippen LogP) is 2.50. The topological polar surface area (TPSA) is 55.5 Å². The van der Waals surface area contributed by atoms with Crippen molar-refractivity contribution < 1.29 is 14.2 Å². The lowest BCUT2D eigenvalue weighted by molar-refractivity contribution is -0.0453. The van der Waals surface area contributed by atoms with E-state index in [0.29, 0.717) is 12.0 Å². The Labute approximate surface area is 123 Å². The van der Waals surface area contributed by atoms with Crippen molar-refractivity contribution in [3.05, 3.63) is 65.0 Å². The molecule has 0 radical (unpaired) electrons.